The normalized spacial score (nSPS) is 16.1. The Balaban J connectivity index is 1.45. The van der Waals surface area contributed by atoms with E-state index in [1.165, 1.54) is 27.7 Å². The van der Waals surface area contributed by atoms with Gasteiger partial charge in [0.25, 0.3) is 5.91 Å². The van der Waals surface area contributed by atoms with Crippen LogP contribution < -0.4 is 0 Å². The van der Waals surface area contributed by atoms with Gasteiger partial charge in [0, 0.05) is 32.7 Å². The molecule has 0 aliphatic carbocycles. The van der Waals surface area contributed by atoms with E-state index in [0.29, 0.717) is 0 Å². The zero-order chi connectivity index (χ0) is 17.1. The van der Waals surface area contributed by atoms with Crippen molar-refractivity contribution in [2.75, 3.05) is 26.2 Å². The molecule has 4 heteroatoms. The molecule has 1 fully saturated rings. The van der Waals surface area contributed by atoms with Gasteiger partial charge in [-0.05, 0) is 34.2 Å². The van der Waals surface area contributed by atoms with Crippen LogP contribution in [0.5, 0.6) is 0 Å². The molecule has 0 bridgehead atoms. The van der Waals surface area contributed by atoms with Crippen molar-refractivity contribution in [2.24, 2.45) is 0 Å². The summed E-state index contributed by atoms with van der Waals surface area (Å²) in [6.07, 6.45) is 1.03. The third kappa shape index (κ3) is 3.60. The summed E-state index contributed by atoms with van der Waals surface area (Å²) < 4.78 is 0. The lowest BCUT2D eigenvalue weighted by atomic mass is 10.0. The maximum absolute atomic E-state index is 12.6. The molecule has 0 unspecified atom stereocenters. The highest BCUT2D eigenvalue weighted by molar-refractivity contribution is 7.12. The van der Waals surface area contributed by atoms with Crippen LogP contribution in [0.15, 0.2) is 60.0 Å². The van der Waals surface area contributed by atoms with E-state index in [-0.39, 0.29) is 5.91 Å². The molecule has 2 aromatic carbocycles. The first-order valence-corrected chi connectivity index (χ1v) is 9.71. The summed E-state index contributed by atoms with van der Waals surface area (Å²) in [4.78, 5) is 17.9. The Kier molecular flexibility index (Phi) is 4.81. The van der Waals surface area contributed by atoms with Crippen LogP contribution in [0.1, 0.15) is 21.7 Å². The topological polar surface area (TPSA) is 23.6 Å². The number of hydrogen-bond donors (Lipinski definition) is 0. The van der Waals surface area contributed by atoms with Crippen LogP contribution >= 0.6 is 11.3 Å². The number of hydrogen-bond acceptors (Lipinski definition) is 3. The number of nitrogens with zero attached hydrogens (tertiary/aromatic N) is 2. The predicted molar refractivity (Wildman–Crippen MR) is 104 cm³/mol. The lowest BCUT2D eigenvalue weighted by molar-refractivity contribution is 0.0766. The van der Waals surface area contributed by atoms with Gasteiger partial charge in [-0.3, -0.25) is 9.69 Å². The van der Waals surface area contributed by atoms with Crippen molar-refractivity contribution >= 4 is 28.0 Å². The minimum absolute atomic E-state index is 0.182. The van der Waals surface area contributed by atoms with Gasteiger partial charge in [0.05, 0.1) is 4.88 Å². The molecule has 3 aromatic rings. The van der Waals surface area contributed by atoms with Crippen LogP contribution in [0.4, 0.5) is 0 Å². The first-order chi connectivity index (χ1) is 12.3. The molecule has 0 saturated carbocycles. The third-order valence-electron chi connectivity index (χ3n) is 4.88. The standard InChI is InChI=1S/C21H22N2OS/c24-21(20-10-4-15-25-20)23-12-5-11-22(13-14-23)16-18-8-3-7-17-6-1-2-9-19(17)18/h1-4,6-10,15H,5,11-14,16H2. The highest BCUT2D eigenvalue weighted by Gasteiger charge is 2.21. The molecule has 4 rings (SSSR count). The fraction of sp³-hybridized carbons (Fsp3) is 0.286. The largest absolute Gasteiger partial charge is 0.337 e. The molecular weight excluding hydrogens is 328 g/mol. The van der Waals surface area contributed by atoms with E-state index in [2.05, 4.69) is 47.4 Å². The Morgan fingerprint density at radius 2 is 1.80 bits per heavy atom. The van der Waals surface area contributed by atoms with Crippen molar-refractivity contribution in [3.8, 4) is 0 Å². The second kappa shape index (κ2) is 7.38. The molecular formula is C21H22N2OS. The fourth-order valence-electron chi connectivity index (χ4n) is 3.56. The molecule has 128 valence electrons. The van der Waals surface area contributed by atoms with Crippen molar-refractivity contribution in [1.82, 2.24) is 9.80 Å². The van der Waals surface area contributed by atoms with Gasteiger partial charge >= 0.3 is 0 Å². The Morgan fingerprint density at radius 1 is 0.920 bits per heavy atom. The van der Waals surface area contributed by atoms with Crippen LogP contribution in [-0.2, 0) is 6.54 Å². The average Bonchev–Trinajstić information content (AvgIpc) is 3.09. The van der Waals surface area contributed by atoms with E-state index in [1.54, 1.807) is 0 Å². The van der Waals surface area contributed by atoms with E-state index in [1.807, 2.05) is 22.4 Å². The van der Waals surface area contributed by atoms with Crippen molar-refractivity contribution in [2.45, 2.75) is 13.0 Å². The van der Waals surface area contributed by atoms with Crippen LogP contribution in [-0.4, -0.2) is 41.9 Å². The van der Waals surface area contributed by atoms with Crippen molar-refractivity contribution in [3.05, 3.63) is 70.4 Å². The van der Waals surface area contributed by atoms with Crippen molar-refractivity contribution in [3.63, 3.8) is 0 Å². The number of thiophene rings is 1. The van der Waals surface area contributed by atoms with Gasteiger partial charge in [0.1, 0.15) is 0 Å². The molecule has 2 heterocycles. The second-order valence-corrected chi connectivity index (χ2v) is 7.49. The monoisotopic (exact) mass is 350 g/mol. The minimum Gasteiger partial charge on any atom is -0.337 e. The lowest BCUT2D eigenvalue weighted by Gasteiger charge is -2.22. The number of carbonyl (C=O) groups is 1. The van der Waals surface area contributed by atoms with E-state index < -0.39 is 0 Å². The maximum atomic E-state index is 12.6. The van der Waals surface area contributed by atoms with Gasteiger partial charge in [0.2, 0.25) is 0 Å². The quantitative estimate of drug-likeness (QED) is 0.705. The maximum Gasteiger partial charge on any atom is 0.263 e. The molecule has 0 spiro atoms. The number of amides is 1. The molecule has 3 nitrogen and oxygen atoms in total. The lowest BCUT2D eigenvalue weighted by Crippen LogP contribution is -2.34. The van der Waals surface area contributed by atoms with Gasteiger partial charge in [-0.1, -0.05) is 48.5 Å². The van der Waals surface area contributed by atoms with Gasteiger partial charge in [0.15, 0.2) is 0 Å². The van der Waals surface area contributed by atoms with E-state index in [4.69, 9.17) is 0 Å². The summed E-state index contributed by atoms with van der Waals surface area (Å²) >= 11 is 1.53. The SMILES string of the molecule is O=C(c1cccs1)N1CCCN(Cc2cccc3ccccc23)CC1. The van der Waals surface area contributed by atoms with E-state index in [9.17, 15) is 4.79 Å². The zero-order valence-electron chi connectivity index (χ0n) is 14.2. The molecule has 25 heavy (non-hydrogen) atoms. The molecule has 1 aliphatic heterocycles. The fourth-order valence-corrected chi connectivity index (χ4v) is 4.25. The Labute approximate surface area is 152 Å². The van der Waals surface area contributed by atoms with Crippen LogP contribution in [0.25, 0.3) is 10.8 Å². The minimum atomic E-state index is 0.182. The van der Waals surface area contributed by atoms with Crippen LogP contribution in [0.3, 0.4) is 0 Å². The summed E-state index contributed by atoms with van der Waals surface area (Å²) in [5.74, 6) is 0.182. The Bertz CT molecular complexity index is 854. The summed E-state index contributed by atoms with van der Waals surface area (Å²) in [7, 11) is 0. The summed E-state index contributed by atoms with van der Waals surface area (Å²) in [6.45, 7) is 4.57. The average molecular weight is 350 g/mol. The number of carbonyl (C=O) groups excluding carboxylic acids is 1. The highest BCUT2D eigenvalue weighted by Crippen LogP contribution is 2.21. The zero-order valence-corrected chi connectivity index (χ0v) is 15.0. The number of fused-ring (bicyclic) bond motifs is 1. The van der Waals surface area contributed by atoms with Gasteiger partial charge < -0.3 is 4.90 Å². The number of benzene rings is 2. The second-order valence-electron chi connectivity index (χ2n) is 6.54. The molecule has 1 amide bonds. The molecule has 0 radical (unpaired) electrons. The summed E-state index contributed by atoms with van der Waals surface area (Å²) in [6, 6.07) is 19.0. The molecule has 0 N–H and O–H groups in total. The van der Waals surface area contributed by atoms with Gasteiger partial charge in [-0.25, -0.2) is 0 Å². The van der Waals surface area contributed by atoms with E-state index >= 15 is 0 Å². The number of rotatable bonds is 3. The van der Waals surface area contributed by atoms with Gasteiger partial charge in [-0.15, -0.1) is 11.3 Å². The smallest absolute Gasteiger partial charge is 0.263 e. The molecule has 1 saturated heterocycles. The predicted octanol–water partition coefficient (Wildman–Crippen LogP) is 4.25. The van der Waals surface area contributed by atoms with Crippen molar-refractivity contribution < 1.29 is 4.79 Å². The Morgan fingerprint density at radius 3 is 2.68 bits per heavy atom. The van der Waals surface area contributed by atoms with Crippen molar-refractivity contribution in [1.29, 1.82) is 0 Å². The Hall–Kier alpha value is -2.17. The summed E-state index contributed by atoms with van der Waals surface area (Å²) in [5, 5.41) is 4.60. The van der Waals surface area contributed by atoms with E-state index in [0.717, 1.165) is 44.0 Å². The van der Waals surface area contributed by atoms with Crippen LogP contribution in [0.2, 0.25) is 0 Å². The first-order valence-electron chi connectivity index (χ1n) is 8.83. The van der Waals surface area contributed by atoms with Gasteiger partial charge in [-0.2, -0.15) is 0 Å². The molecule has 1 aliphatic rings. The first kappa shape index (κ1) is 16.3. The third-order valence-corrected chi connectivity index (χ3v) is 5.74. The van der Waals surface area contributed by atoms with Crippen LogP contribution in [0, 0.1) is 0 Å². The molecule has 1 aromatic heterocycles. The summed E-state index contributed by atoms with van der Waals surface area (Å²) in [5.41, 5.74) is 1.37. The molecule has 0 atom stereocenters. The highest BCUT2D eigenvalue weighted by atomic mass is 32.1.